The van der Waals surface area contributed by atoms with E-state index in [9.17, 15) is 0 Å². The third kappa shape index (κ3) is 3.43. The summed E-state index contributed by atoms with van der Waals surface area (Å²) in [7, 11) is 1.73. The Hall–Kier alpha value is -1.84. The zero-order valence-electron chi connectivity index (χ0n) is 12.3. The Morgan fingerprint density at radius 3 is 2.90 bits per heavy atom. The van der Waals surface area contributed by atoms with Gasteiger partial charge in [-0.15, -0.1) is 0 Å². The standard InChI is InChI=1S/C18H21NO2/c1-20-13-15-6-4-5-14(11-15)12-19-17-9-10-21-18-8-3-2-7-16(17)18/h2-8,11,17,19H,9-10,12-13H2,1H3. The molecular weight excluding hydrogens is 262 g/mol. The summed E-state index contributed by atoms with van der Waals surface area (Å²) in [6, 6.07) is 17.2. The largest absolute Gasteiger partial charge is 0.493 e. The number of nitrogens with one attached hydrogen (secondary N) is 1. The van der Waals surface area contributed by atoms with Gasteiger partial charge in [-0.2, -0.15) is 0 Å². The minimum Gasteiger partial charge on any atom is -0.493 e. The van der Waals surface area contributed by atoms with Crippen molar-refractivity contribution in [3.8, 4) is 5.75 Å². The van der Waals surface area contributed by atoms with Gasteiger partial charge < -0.3 is 14.8 Å². The molecule has 3 rings (SSSR count). The van der Waals surface area contributed by atoms with Crippen LogP contribution in [0.3, 0.4) is 0 Å². The highest BCUT2D eigenvalue weighted by molar-refractivity contribution is 5.37. The summed E-state index contributed by atoms with van der Waals surface area (Å²) in [4.78, 5) is 0. The molecule has 0 spiro atoms. The second-order valence-corrected chi connectivity index (χ2v) is 5.36. The molecule has 0 saturated carbocycles. The molecule has 0 aliphatic carbocycles. The van der Waals surface area contributed by atoms with Crippen LogP contribution in [0.5, 0.6) is 5.75 Å². The van der Waals surface area contributed by atoms with Crippen molar-refractivity contribution in [3.05, 3.63) is 65.2 Å². The summed E-state index contributed by atoms with van der Waals surface area (Å²) in [5.41, 5.74) is 3.76. The molecule has 2 aromatic rings. The van der Waals surface area contributed by atoms with Crippen molar-refractivity contribution in [2.75, 3.05) is 13.7 Å². The van der Waals surface area contributed by atoms with E-state index in [1.54, 1.807) is 7.11 Å². The van der Waals surface area contributed by atoms with Gasteiger partial charge in [0, 0.05) is 31.7 Å². The van der Waals surface area contributed by atoms with E-state index >= 15 is 0 Å². The van der Waals surface area contributed by atoms with Gasteiger partial charge in [-0.25, -0.2) is 0 Å². The van der Waals surface area contributed by atoms with Crippen LogP contribution >= 0.6 is 0 Å². The molecule has 1 atom stereocenters. The molecule has 1 aliphatic rings. The van der Waals surface area contributed by atoms with E-state index in [2.05, 4.69) is 41.7 Å². The smallest absolute Gasteiger partial charge is 0.124 e. The summed E-state index contributed by atoms with van der Waals surface area (Å²) in [6.07, 6.45) is 1.01. The first-order valence-corrected chi connectivity index (χ1v) is 7.38. The second kappa shape index (κ2) is 6.74. The molecule has 0 saturated heterocycles. The Morgan fingerprint density at radius 1 is 1.14 bits per heavy atom. The summed E-state index contributed by atoms with van der Waals surface area (Å²) in [5.74, 6) is 1.01. The molecular formula is C18H21NO2. The van der Waals surface area contributed by atoms with Crippen LogP contribution in [0, 0.1) is 0 Å². The summed E-state index contributed by atoms with van der Waals surface area (Å²) >= 11 is 0. The van der Waals surface area contributed by atoms with Gasteiger partial charge in [0.2, 0.25) is 0 Å². The highest BCUT2D eigenvalue weighted by Crippen LogP contribution is 2.31. The second-order valence-electron chi connectivity index (χ2n) is 5.36. The van der Waals surface area contributed by atoms with Crippen molar-refractivity contribution in [2.45, 2.75) is 25.6 Å². The lowest BCUT2D eigenvalue weighted by Crippen LogP contribution is -2.26. The molecule has 0 amide bonds. The Labute approximate surface area is 125 Å². The Bertz CT molecular complexity index is 597. The summed E-state index contributed by atoms with van der Waals surface area (Å²) < 4.78 is 10.9. The van der Waals surface area contributed by atoms with Crippen LogP contribution in [-0.2, 0) is 17.9 Å². The van der Waals surface area contributed by atoms with Crippen LogP contribution in [0.1, 0.15) is 29.2 Å². The van der Waals surface area contributed by atoms with Crippen LogP contribution in [-0.4, -0.2) is 13.7 Å². The van der Waals surface area contributed by atoms with Gasteiger partial charge in [0.15, 0.2) is 0 Å². The molecule has 1 heterocycles. The van der Waals surface area contributed by atoms with E-state index in [1.165, 1.54) is 16.7 Å². The first kappa shape index (κ1) is 14.1. The molecule has 3 nitrogen and oxygen atoms in total. The van der Waals surface area contributed by atoms with Crippen molar-refractivity contribution in [1.82, 2.24) is 5.32 Å². The molecule has 1 aliphatic heterocycles. The van der Waals surface area contributed by atoms with Crippen LogP contribution in [0.15, 0.2) is 48.5 Å². The molecule has 0 aromatic heterocycles. The third-order valence-corrected chi connectivity index (χ3v) is 3.81. The van der Waals surface area contributed by atoms with Crippen LogP contribution < -0.4 is 10.1 Å². The third-order valence-electron chi connectivity index (χ3n) is 3.81. The minimum absolute atomic E-state index is 0.362. The van der Waals surface area contributed by atoms with E-state index in [0.717, 1.165) is 25.3 Å². The average molecular weight is 283 g/mol. The number of ether oxygens (including phenoxy) is 2. The topological polar surface area (TPSA) is 30.5 Å². The monoisotopic (exact) mass is 283 g/mol. The van der Waals surface area contributed by atoms with Gasteiger partial charge in [-0.3, -0.25) is 0 Å². The van der Waals surface area contributed by atoms with E-state index in [1.807, 2.05) is 12.1 Å². The molecule has 0 radical (unpaired) electrons. The van der Waals surface area contributed by atoms with Gasteiger partial charge in [-0.1, -0.05) is 42.5 Å². The maximum absolute atomic E-state index is 5.70. The molecule has 1 unspecified atom stereocenters. The molecule has 0 fully saturated rings. The zero-order valence-corrected chi connectivity index (χ0v) is 12.3. The molecule has 110 valence electrons. The van der Waals surface area contributed by atoms with Crippen molar-refractivity contribution >= 4 is 0 Å². The van der Waals surface area contributed by atoms with Gasteiger partial charge >= 0.3 is 0 Å². The zero-order chi connectivity index (χ0) is 14.5. The highest BCUT2D eigenvalue weighted by atomic mass is 16.5. The van der Waals surface area contributed by atoms with Gasteiger partial charge in [0.1, 0.15) is 5.75 Å². The van der Waals surface area contributed by atoms with Crippen molar-refractivity contribution < 1.29 is 9.47 Å². The van der Waals surface area contributed by atoms with Crippen molar-refractivity contribution in [1.29, 1.82) is 0 Å². The molecule has 3 heteroatoms. The summed E-state index contributed by atoms with van der Waals surface area (Å²) in [5, 5.41) is 3.64. The number of rotatable bonds is 5. The van der Waals surface area contributed by atoms with E-state index in [0.29, 0.717) is 12.6 Å². The number of para-hydroxylation sites is 1. The maximum Gasteiger partial charge on any atom is 0.124 e. The molecule has 0 bridgehead atoms. The lowest BCUT2D eigenvalue weighted by Gasteiger charge is -2.26. The number of methoxy groups -OCH3 is 1. The first-order valence-electron chi connectivity index (χ1n) is 7.38. The Kier molecular flexibility index (Phi) is 4.53. The summed E-state index contributed by atoms with van der Waals surface area (Å²) in [6.45, 7) is 2.29. The normalized spacial score (nSPS) is 17.1. The number of benzene rings is 2. The van der Waals surface area contributed by atoms with E-state index < -0.39 is 0 Å². The fraction of sp³-hybridized carbons (Fsp3) is 0.333. The quantitative estimate of drug-likeness (QED) is 0.911. The lowest BCUT2D eigenvalue weighted by atomic mass is 10.00. The predicted molar refractivity (Wildman–Crippen MR) is 83.3 cm³/mol. The molecule has 1 N–H and O–H groups in total. The number of hydrogen-bond acceptors (Lipinski definition) is 3. The minimum atomic E-state index is 0.362. The molecule has 2 aromatic carbocycles. The number of fused-ring (bicyclic) bond motifs is 1. The van der Waals surface area contributed by atoms with Crippen LogP contribution in [0.4, 0.5) is 0 Å². The molecule has 21 heavy (non-hydrogen) atoms. The fourth-order valence-electron chi connectivity index (χ4n) is 2.79. The van der Waals surface area contributed by atoms with Crippen LogP contribution in [0.25, 0.3) is 0 Å². The SMILES string of the molecule is COCc1cccc(CNC2CCOc3ccccc32)c1. The average Bonchev–Trinajstić information content (AvgIpc) is 2.53. The number of hydrogen-bond donors (Lipinski definition) is 1. The van der Waals surface area contributed by atoms with Gasteiger partial charge in [-0.05, 0) is 17.2 Å². The van der Waals surface area contributed by atoms with Gasteiger partial charge in [0.25, 0.3) is 0 Å². The van der Waals surface area contributed by atoms with E-state index in [-0.39, 0.29) is 0 Å². The highest BCUT2D eigenvalue weighted by Gasteiger charge is 2.20. The Morgan fingerprint density at radius 2 is 2.00 bits per heavy atom. The fourth-order valence-corrected chi connectivity index (χ4v) is 2.79. The lowest BCUT2D eigenvalue weighted by molar-refractivity contribution is 0.185. The first-order chi connectivity index (χ1) is 10.4. The maximum atomic E-state index is 5.70. The van der Waals surface area contributed by atoms with E-state index in [4.69, 9.17) is 9.47 Å². The van der Waals surface area contributed by atoms with Gasteiger partial charge in [0.05, 0.1) is 13.2 Å². The van der Waals surface area contributed by atoms with Crippen LogP contribution in [0.2, 0.25) is 0 Å². The Balaban J connectivity index is 1.67. The van der Waals surface area contributed by atoms with Crippen molar-refractivity contribution in [2.24, 2.45) is 0 Å². The van der Waals surface area contributed by atoms with Crippen molar-refractivity contribution in [3.63, 3.8) is 0 Å². The predicted octanol–water partition coefficient (Wildman–Crippen LogP) is 3.45.